The maximum absolute atomic E-state index is 11.2. The zero-order valence-corrected chi connectivity index (χ0v) is 8.81. The van der Waals surface area contributed by atoms with Crippen molar-refractivity contribution in [2.24, 2.45) is 5.73 Å². The third kappa shape index (κ3) is 2.05. The maximum atomic E-state index is 11.2. The molecule has 0 saturated carbocycles. The number of amides is 1. The highest BCUT2D eigenvalue weighted by atomic mass is 16.5. The van der Waals surface area contributed by atoms with E-state index in [1.807, 2.05) is 0 Å². The number of ether oxygens (including phenoxy) is 2. The highest BCUT2D eigenvalue weighted by molar-refractivity contribution is 6.00. The van der Waals surface area contributed by atoms with Gasteiger partial charge in [0.2, 0.25) is 0 Å². The summed E-state index contributed by atoms with van der Waals surface area (Å²) in [7, 11) is 2.62. The van der Waals surface area contributed by atoms with Crippen molar-refractivity contribution in [2.45, 2.75) is 0 Å². The number of hydrogen-bond donors (Lipinski definition) is 2. The van der Waals surface area contributed by atoms with E-state index in [0.29, 0.717) is 0 Å². The number of aromatic carboxylic acids is 1. The van der Waals surface area contributed by atoms with Crippen molar-refractivity contribution in [1.82, 2.24) is 0 Å². The van der Waals surface area contributed by atoms with Gasteiger partial charge in [-0.15, -0.1) is 0 Å². The van der Waals surface area contributed by atoms with Crippen LogP contribution in [0.15, 0.2) is 12.1 Å². The van der Waals surface area contributed by atoms with Gasteiger partial charge < -0.3 is 20.3 Å². The molecule has 1 rings (SSSR count). The van der Waals surface area contributed by atoms with Crippen LogP contribution in [-0.4, -0.2) is 31.2 Å². The topological polar surface area (TPSA) is 98.8 Å². The molecule has 0 aromatic heterocycles. The minimum absolute atomic E-state index is 0.0231. The van der Waals surface area contributed by atoms with E-state index < -0.39 is 11.9 Å². The fourth-order valence-electron chi connectivity index (χ4n) is 1.28. The quantitative estimate of drug-likeness (QED) is 0.777. The Labute approximate surface area is 91.6 Å². The number of methoxy groups -OCH3 is 2. The van der Waals surface area contributed by atoms with Crippen molar-refractivity contribution >= 4 is 11.9 Å². The lowest BCUT2D eigenvalue weighted by Gasteiger charge is -2.11. The molecule has 3 N–H and O–H groups in total. The molecule has 16 heavy (non-hydrogen) atoms. The zero-order valence-electron chi connectivity index (χ0n) is 8.81. The highest BCUT2D eigenvalue weighted by Crippen LogP contribution is 2.30. The molecule has 0 bridgehead atoms. The van der Waals surface area contributed by atoms with Gasteiger partial charge >= 0.3 is 5.97 Å². The first kappa shape index (κ1) is 11.8. The van der Waals surface area contributed by atoms with Gasteiger partial charge in [0.1, 0.15) is 17.1 Å². The number of carboxylic acid groups (broad SMARTS) is 1. The van der Waals surface area contributed by atoms with Crippen molar-refractivity contribution in [1.29, 1.82) is 0 Å². The molecular formula is C10H11NO5. The fraction of sp³-hybridized carbons (Fsp3) is 0.200. The van der Waals surface area contributed by atoms with E-state index >= 15 is 0 Å². The van der Waals surface area contributed by atoms with Crippen LogP contribution >= 0.6 is 0 Å². The Bertz CT molecular complexity index is 416. The van der Waals surface area contributed by atoms with Crippen molar-refractivity contribution in [3.05, 3.63) is 23.3 Å². The van der Waals surface area contributed by atoms with Gasteiger partial charge in [0.05, 0.1) is 19.8 Å². The molecule has 0 atom stereocenters. The molecule has 86 valence electrons. The molecule has 1 aromatic carbocycles. The summed E-state index contributed by atoms with van der Waals surface area (Å²) in [6, 6.07) is 2.43. The van der Waals surface area contributed by atoms with E-state index in [4.69, 9.17) is 20.3 Å². The van der Waals surface area contributed by atoms with Gasteiger partial charge in [-0.25, -0.2) is 4.79 Å². The van der Waals surface area contributed by atoms with Crippen molar-refractivity contribution < 1.29 is 24.2 Å². The summed E-state index contributed by atoms with van der Waals surface area (Å²) in [5.74, 6) is -1.74. The first-order chi connectivity index (χ1) is 7.51. The van der Waals surface area contributed by atoms with Crippen LogP contribution in [-0.2, 0) is 0 Å². The second-order valence-electron chi connectivity index (χ2n) is 2.93. The van der Waals surface area contributed by atoms with Crippen LogP contribution in [0.3, 0.4) is 0 Å². The second-order valence-corrected chi connectivity index (χ2v) is 2.93. The normalized spacial score (nSPS) is 9.62. The Morgan fingerprint density at radius 3 is 1.88 bits per heavy atom. The molecular weight excluding hydrogens is 214 g/mol. The number of carbonyl (C=O) groups is 2. The lowest BCUT2D eigenvalue weighted by molar-refractivity contribution is 0.0695. The molecule has 0 aliphatic rings. The third-order valence-electron chi connectivity index (χ3n) is 2.00. The Balaban J connectivity index is 3.49. The number of carbonyl (C=O) groups excluding carboxylic acids is 1. The lowest BCUT2D eigenvalue weighted by atomic mass is 10.1. The van der Waals surface area contributed by atoms with Crippen molar-refractivity contribution in [3.8, 4) is 11.5 Å². The Hall–Kier alpha value is -2.24. The summed E-state index contributed by atoms with van der Waals surface area (Å²) in [6.45, 7) is 0. The molecule has 1 amide bonds. The van der Waals surface area contributed by atoms with Crippen LogP contribution in [0.2, 0.25) is 0 Å². The molecule has 1 aromatic rings. The van der Waals surface area contributed by atoms with Crippen molar-refractivity contribution in [2.75, 3.05) is 14.2 Å². The smallest absolute Gasteiger partial charge is 0.335 e. The maximum Gasteiger partial charge on any atom is 0.335 e. The molecule has 0 saturated heterocycles. The molecule has 0 radical (unpaired) electrons. The van der Waals surface area contributed by atoms with Crippen LogP contribution < -0.4 is 15.2 Å². The average Bonchev–Trinajstić information content (AvgIpc) is 2.26. The number of benzene rings is 1. The number of hydrogen-bond acceptors (Lipinski definition) is 4. The van der Waals surface area contributed by atoms with Crippen LogP contribution in [0.25, 0.3) is 0 Å². The van der Waals surface area contributed by atoms with Crippen LogP contribution in [0, 0.1) is 0 Å². The molecule has 6 heteroatoms. The van der Waals surface area contributed by atoms with Gasteiger partial charge in [-0.1, -0.05) is 0 Å². The largest absolute Gasteiger partial charge is 0.496 e. The standard InChI is InChI=1S/C10H11NO5/c1-15-6-3-5(10(13)14)4-7(16-2)8(6)9(11)12/h3-4H,1-2H3,(H2,11,12)(H,13,14). The Morgan fingerprint density at radius 1 is 1.19 bits per heavy atom. The number of carboxylic acids is 1. The fourth-order valence-corrected chi connectivity index (χ4v) is 1.28. The molecule has 0 heterocycles. The predicted molar refractivity (Wildman–Crippen MR) is 55.0 cm³/mol. The van der Waals surface area contributed by atoms with Crippen molar-refractivity contribution in [3.63, 3.8) is 0 Å². The molecule has 0 spiro atoms. The molecule has 6 nitrogen and oxygen atoms in total. The highest BCUT2D eigenvalue weighted by Gasteiger charge is 2.19. The second kappa shape index (κ2) is 4.52. The monoisotopic (exact) mass is 225 g/mol. The summed E-state index contributed by atoms with van der Waals surface area (Å²) in [5.41, 5.74) is 5.13. The third-order valence-corrected chi connectivity index (χ3v) is 2.00. The number of primary amides is 1. The molecule has 0 unspecified atom stereocenters. The summed E-state index contributed by atoms with van der Waals surface area (Å²) < 4.78 is 9.79. The van der Waals surface area contributed by atoms with E-state index in [9.17, 15) is 9.59 Å². The summed E-state index contributed by atoms with van der Waals surface area (Å²) >= 11 is 0. The first-order valence-electron chi connectivity index (χ1n) is 4.30. The van der Waals surface area contributed by atoms with E-state index in [2.05, 4.69) is 0 Å². The summed E-state index contributed by atoms with van der Waals surface area (Å²) in [4.78, 5) is 21.9. The SMILES string of the molecule is COc1cc(C(=O)O)cc(OC)c1C(N)=O. The van der Waals surface area contributed by atoms with E-state index in [1.54, 1.807) is 0 Å². The van der Waals surface area contributed by atoms with Gasteiger partial charge in [0.15, 0.2) is 0 Å². The minimum atomic E-state index is -1.15. The lowest BCUT2D eigenvalue weighted by Crippen LogP contribution is -2.15. The van der Waals surface area contributed by atoms with E-state index in [0.717, 1.165) is 0 Å². The van der Waals surface area contributed by atoms with Gasteiger partial charge in [-0.3, -0.25) is 4.79 Å². The predicted octanol–water partition coefficient (Wildman–Crippen LogP) is 0.501. The van der Waals surface area contributed by atoms with Gasteiger partial charge in [0, 0.05) is 0 Å². The van der Waals surface area contributed by atoms with Crippen LogP contribution in [0.4, 0.5) is 0 Å². The van der Waals surface area contributed by atoms with E-state index in [1.165, 1.54) is 26.4 Å². The van der Waals surface area contributed by atoms with Gasteiger partial charge in [-0.05, 0) is 12.1 Å². The van der Waals surface area contributed by atoms with Crippen LogP contribution in [0.5, 0.6) is 11.5 Å². The van der Waals surface area contributed by atoms with Gasteiger partial charge in [-0.2, -0.15) is 0 Å². The molecule has 0 fully saturated rings. The average molecular weight is 225 g/mol. The zero-order chi connectivity index (χ0) is 12.3. The first-order valence-corrected chi connectivity index (χ1v) is 4.30. The van der Waals surface area contributed by atoms with Gasteiger partial charge in [0.25, 0.3) is 5.91 Å². The summed E-state index contributed by atoms with van der Waals surface area (Å²) in [6.07, 6.45) is 0. The number of rotatable bonds is 4. The Kier molecular flexibility index (Phi) is 3.34. The number of nitrogens with two attached hydrogens (primary N) is 1. The molecule has 0 aliphatic heterocycles. The van der Waals surface area contributed by atoms with E-state index in [-0.39, 0.29) is 22.6 Å². The Morgan fingerprint density at radius 2 is 1.62 bits per heavy atom. The summed E-state index contributed by atoms with van der Waals surface area (Å²) in [5, 5.41) is 8.83. The minimum Gasteiger partial charge on any atom is -0.496 e. The van der Waals surface area contributed by atoms with Crippen LogP contribution in [0.1, 0.15) is 20.7 Å². The molecule has 0 aliphatic carbocycles.